The van der Waals surface area contributed by atoms with Gasteiger partial charge in [0.25, 0.3) is 5.82 Å². The fourth-order valence-electron chi connectivity index (χ4n) is 2.82. The molecule has 0 saturated carbocycles. The van der Waals surface area contributed by atoms with Crippen LogP contribution >= 0.6 is 11.6 Å². The van der Waals surface area contributed by atoms with Crippen LogP contribution in [0.4, 0.5) is 19.0 Å². The number of pyridine rings is 1. The van der Waals surface area contributed by atoms with Crippen molar-refractivity contribution in [1.29, 1.82) is 0 Å². The van der Waals surface area contributed by atoms with Gasteiger partial charge in [0, 0.05) is 0 Å². The third kappa shape index (κ3) is 3.04. The van der Waals surface area contributed by atoms with Gasteiger partial charge in [0.1, 0.15) is 17.3 Å². The molecule has 0 saturated heterocycles. The summed E-state index contributed by atoms with van der Waals surface area (Å²) in [5.41, 5.74) is 1.67. The van der Waals surface area contributed by atoms with Crippen LogP contribution in [-0.2, 0) is 12.6 Å². The fraction of sp³-hybridized carbons (Fsp3) is 0.312. The molecule has 1 atom stereocenters. The summed E-state index contributed by atoms with van der Waals surface area (Å²) in [6.07, 6.45) is -0.493. The number of benzene rings is 1. The predicted molar refractivity (Wildman–Crippen MR) is 78.8 cm³/mol. The van der Waals surface area contributed by atoms with Crippen LogP contribution in [0.1, 0.15) is 35.6 Å². The fourth-order valence-corrected chi connectivity index (χ4v) is 3.05. The van der Waals surface area contributed by atoms with Crippen molar-refractivity contribution < 1.29 is 18.2 Å². The molecule has 22 heavy (non-hydrogen) atoms. The standard InChI is InChI=1S/C16H14ClF3N2/c17-13-8-11(16(18,19)20)9-21-15(13)22-14-7-3-5-10-4-1-2-6-12(10)14/h1-2,4,6,8-9,14H,3,5,7H2,(H,21,22)/p+1/t14-/m1/s1. The Bertz CT molecular complexity index is 685. The highest BCUT2D eigenvalue weighted by molar-refractivity contribution is 6.32. The third-order valence-electron chi connectivity index (χ3n) is 3.91. The van der Waals surface area contributed by atoms with Crippen LogP contribution in [0.25, 0.3) is 0 Å². The maximum absolute atomic E-state index is 12.7. The van der Waals surface area contributed by atoms with Gasteiger partial charge in [-0.3, -0.25) is 5.32 Å². The Labute approximate surface area is 131 Å². The molecule has 0 radical (unpaired) electrons. The lowest BCUT2D eigenvalue weighted by Gasteiger charge is -2.23. The van der Waals surface area contributed by atoms with Crippen molar-refractivity contribution in [3.05, 3.63) is 58.2 Å². The molecular formula is C16H15ClF3N2+. The molecule has 116 valence electrons. The Balaban J connectivity index is 1.86. The van der Waals surface area contributed by atoms with Gasteiger partial charge in [-0.05, 0) is 36.5 Å². The van der Waals surface area contributed by atoms with E-state index in [0.717, 1.165) is 31.5 Å². The van der Waals surface area contributed by atoms with Crippen molar-refractivity contribution in [1.82, 2.24) is 0 Å². The largest absolute Gasteiger partial charge is 0.419 e. The third-order valence-corrected chi connectivity index (χ3v) is 4.21. The van der Waals surface area contributed by atoms with Crippen molar-refractivity contribution >= 4 is 17.4 Å². The Kier molecular flexibility index (Phi) is 4.00. The number of aryl methyl sites for hydroxylation is 1. The van der Waals surface area contributed by atoms with E-state index >= 15 is 0 Å². The molecule has 0 bridgehead atoms. The van der Waals surface area contributed by atoms with Crippen molar-refractivity contribution in [3.63, 3.8) is 0 Å². The molecule has 1 heterocycles. The number of alkyl halides is 3. The monoisotopic (exact) mass is 327 g/mol. The van der Waals surface area contributed by atoms with E-state index in [2.05, 4.69) is 16.4 Å². The van der Waals surface area contributed by atoms with E-state index < -0.39 is 11.7 Å². The van der Waals surface area contributed by atoms with Crippen molar-refractivity contribution in [2.75, 3.05) is 5.32 Å². The second kappa shape index (κ2) is 5.80. The average Bonchev–Trinajstić information content (AvgIpc) is 2.48. The van der Waals surface area contributed by atoms with Crippen LogP contribution in [0, 0.1) is 0 Å². The van der Waals surface area contributed by atoms with Crippen LogP contribution < -0.4 is 10.3 Å². The Hall–Kier alpha value is -1.75. The first-order valence-corrected chi connectivity index (χ1v) is 7.46. The van der Waals surface area contributed by atoms with E-state index in [4.69, 9.17) is 11.6 Å². The maximum atomic E-state index is 12.7. The molecule has 2 N–H and O–H groups in total. The lowest BCUT2D eigenvalue weighted by Crippen LogP contribution is -2.23. The topological polar surface area (TPSA) is 26.2 Å². The predicted octanol–water partition coefficient (Wildman–Crippen LogP) is 4.66. The first-order chi connectivity index (χ1) is 10.4. The Morgan fingerprint density at radius 3 is 2.73 bits per heavy atom. The van der Waals surface area contributed by atoms with E-state index in [1.807, 2.05) is 18.2 Å². The van der Waals surface area contributed by atoms with Gasteiger partial charge >= 0.3 is 6.18 Å². The summed E-state index contributed by atoms with van der Waals surface area (Å²) in [5.74, 6) is 0.413. The SMILES string of the molecule is FC(F)(F)c1c[nH+]c(N[C@@H]2CCCc3ccccc32)c(Cl)c1. The van der Waals surface area contributed by atoms with Gasteiger partial charge in [0.2, 0.25) is 0 Å². The zero-order valence-electron chi connectivity index (χ0n) is 11.7. The smallest absolute Gasteiger partial charge is 0.266 e. The van der Waals surface area contributed by atoms with Gasteiger partial charge in [-0.15, -0.1) is 0 Å². The second-order valence-electron chi connectivity index (χ2n) is 5.40. The van der Waals surface area contributed by atoms with E-state index in [9.17, 15) is 13.2 Å². The van der Waals surface area contributed by atoms with Crippen LogP contribution in [0.3, 0.4) is 0 Å². The molecule has 2 aromatic rings. The molecule has 1 aromatic carbocycles. The number of H-pyrrole nitrogens is 1. The summed E-state index contributed by atoms with van der Waals surface area (Å²) in [6, 6.07) is 9.09. The summed E-state index contributed by atoms with van der Waals surface area (Å²) < 4.78 is 38.0. The molecule has 0 fully saturated rings. The molecule has 1 aromatic heterocycles. The highest BCUT2D eigenvalue weighted by Gasteiger charge is 2.33. The van der Waals surface area contributed by atoms with E-state index in [1.165, 1.54) is 11.1 Å². The molecule has 1 aliphatic carbocycles. The van der Waals surface area contributed by atoms with Gasteiger partial charge < -0.3 is 0 Å². The number of anilines is 1. The van der Waals surface area contributed by atoms with Crippen molar-refractivity contribution in [2.24, 2.45) is 0 Å². The van der Waals surface area contributed by atoms with Crippen LogP contribution in [0.15, 0.2) is 36.5 Å². The average molecular weight is 328 g/mol. The molecule has 0 amide bonds. The second-order valence-corrected chi connectivity index (χ2v) is 5.80. The van der Waals surface area contributed by atoms with Gasteiger partial charge in [0.05, 0.1) is 5.56 Å². The van der Waals surface area contributed by atoms with Crippen LogP contribution in [-0.4, -0.2) is 0 Å². The highest BCUT2D eigenvalue weighted by atomic mass is 35.5. The summed E-state index contributed by atoms with van der Waals surface area (Å²) in [6.45, 7) is 0. The number of halogens is 4. The van der Waals surface area contributed by atoms with Gasteiger partial charge in [-0.25, -0.2) is 4.98 Å². The molecule has 0 aliphatic heterocycles. The van der Waals surface area contributed by atoms with E-state index in [1.54, 1.807) is 0 Å². The Morgan fingerprint density at radius 1 is 1.23 bits per heavy atom. The van der Waals surface area contributed by atoms with Crippen LogP contribution in [0.2, 0.25) is 5.02 Å². The maximum Gasteiger partial charge on any atom is 0.419 e. The van der Waals surface area contributed by atoms with Crippen molar-refractivity contribution in [3.8, 4) is 0 Å². The van der Waals surface area contributed by atoms with Crippen molar-refractivity contribution in [2.45, 2.75) is 31.5 Å². The van der Waals surface area contributed by atoms with Gasteiger partial charge in [-0.2, -0.15) is 13.2 Å². The highest BCUT2D eigenvalue weighted by Crippen LogP contribution is 2.35. The van der Waals surface area contributed by atoms with E-state index in [-0.39, 0.29) is 11.1 Å². The van der Waals surface area contributed by atoms with E-state index in [0.29, 0.717) is 5.82 Å². The van der Waals surface area contributed by atoms with Gasteiger partial charge in [-0.1, -0.05) is 35.9 Å². The molecule has 6 heteroatoms. The summed E-state index contributed by atoms with van der Waals surface area (Å²) in [7, 11) is 0. The summed E-state index contributed by atoms with van der Waals surface area (Å²) in [4.78, 5) is 2.63. The number of nitrogens with one attached hydrogen (secondary N) is 2. The molecule has 2 nitrogen and oxygen atoms in total. The minimum absolute atomic E-state index is 0.0397. The number of fused-ring (bicyclic) bond motifs is 1. The molecule has 3 rings (SSSR count). The lowest BCUT2D eigenvalue weighted by atomic mass is 9.88. The first-order valence-electron chi connectivity index (χ1n) is 7.08. The normalized spacial score (nSPS) is 17.9. The lowest BCUT2D eigenvalue weighted by molar-refractivity contribution is -0.364. The quantitative estimate of drug-likeness (QED) is 0.853. The molecular weight excluding hydrogens is 313 g/mol. The first kappa shape index (κ1) is 15.2. The number of hydrogen-bond acceptors (Lipinski definition) is 1. The summed E-state index contributed by atoms with van der Waals surface area (Å²) in [5, 5.41) is 3.27. The zero-order chi connectivity index (χ0) is 15.7. The minimum atomic E-state index is -4.41. The number of aromatic amines is 1. The minimum Gasteiger partial charge on any atom is -0.266 e. The zero-order valence-corrected chi connectivity index (χ0v) is 12.4. The summed E-state index contributed by atoms with van der Waals surface area (Å²) >= 11 is 5.99. The van der Waals surface area contributed by atoms with Gasteiger partial charge in [0.15, 0.2) is 0 Å². The number of aromatic nitrogens is 1. The molecule has 1 aliphatic rings. The Morgan fingerprint density at radius 2 is 2.00 bits per heavy atom. The number of hydrogen-bond donors (Lipinski definition) is 1. The molecule has 0 unspecified atom stereocenters. The molecule has 0 spiro atoms. The number of rotatable bonds is 2. The van der Waals surface area contributed by atoms with Crippen LogP contribution in [0.5, 0.6) is 0 Å².